The van der Waals surface area contributed by atoms with Gasteiger partial charge in [0.2, 0.25) is 0 Å². The Labute approximate surface area is 172 Å². The van der Waals surface area contributed by atoms with Gasteiger partial charge in [-0.15, -0.1) is 0 Å². The van der Waals surface area contributed by atoms with E-state index in [2.05, 4.69) is 4.74 Å². The monoisotopic (exact) mass is 420 g/mol. The van der Waals surface area contributed by atoms with Gasteiger partial charge in [-0.25, -0.2) is 4.79 Å². The van der Waals surface area contributed by atoms with E-state index in [1.165, 1.54) is 7.11 Å². The minimum Gasteiger partial charge on any atom is -0.465 e. The molecule has 2 aromatic rings. The first-order valence-corrected chi connectivity index (χ1v) is 9.39. The minimum absolute atomic E-state index is 0.149. The standard InChI is InChI=1S/C20H18Cl2N2O4/c1-28-20(27)14-7-5-13(6-8-14)18(25)23-9-11-24(12-10-23)19(26)15-3-2-4-16(21)17(15)22/h2-8H,9-12H2,1H3. The van der Waals surface area contributed by atoms with Crippen molar-refractivity contribution in [2.45, 2.75) is 0 Å². The lowest BCUT2D eigenvalue weighted by molar-refractivity contribution is 0.0535. The zero-order valence-electron chi connectivity index (χ0n) is 15.2. The second kappa shape index (κ2) is 8.63. The van der Waals surface area contributed by atoms with Crippen molar-refractivity contribution in [3.05, 3.63) is 69.2 Å². The number of piperazine rings is 1. The zero-order valence-corrected chi connectivity index (χ0v) is 16.7. The van der Waals surface area contributed by atoms with E-state index in [1.807, 2.05) is 0 Å². The number of methoxy groups -OCH3 is 1. The predicted molar refractivity (Wildman–Crippen MR) is 106 cm³/mol. The van der Waals surface area contributed by atoms with E-state index in [9.17, 15) is 14.4 Å². The highest BCUT2D eigenvalue weighted by Gasteiger charge is 2.27. The first-order valence-electron chi connectivity index (χ1n) is 8.63. The van der Waals surface area contributed by atoms with E-state index in [4.69, 9.17) is 23.2 Å². The third kappa shape index (κ3) is 4.13. The lowest BCUT2D eigenvalue weighted by Crippen LogP contribution is -2.50. The number of rotatable bonds is 3. The topological polar surface area (TPSA) is 66.9 Å². The number of hydrogen-bond donors (Lipinski definition) is 0. The summed E-state index contributed by atoms with van der Waals surface area (Å²) in [5, 5.41) is 0.565. The number of amides is 2. The molecule has 28 heavy (non-hydrogen) atoms. The molecule has 1 heterocycles. The van der Waals surface area contributed by atoms with Crippen LogP contribution < -0.4 is 0 Å². The Bertz CT molecular complexity index is 907. The fraction of sp³-hybridized carbons (Fsp3) is 0.250. The lowest BCUT2D eigenvalue weighted by atomic mass is 10.1. The summed E-state index contributed by atoms with van der Waals surface area (Å²) in [6.45, 7) is 1.60. The van der Waals surface area contributed by atoms with E-state index in [1.54, 1.807) is 52.3 Å². The van der Waals surface area contributed by atoms with Crippen LogP contribution in [0, 0.1) is 0 Å². The molecular weight excluding hydrogens is 403 g/mol. The fourth-order valence-corrected chi connectivity index (χ4v) is 3.38. The number of carbonyl (C=O) groups excluding carboxylic acids is 3. The molecule has 6 nitrogen and oxygen atoms in total. The van der Waals surface area contributed by atoms with Crippen LogP contribution in [0.15, 0.2) is 42.5 Å². The molecule has 0 bridgehead atoms. The Balaban J connectivity index is 1.63. The quantitative estimate of drug-likeness (QED) is 0.713. The maximum atomic E-state index is 12.7. The maximum absolute atomic E-state index is 12.7. The molecule has 1 fully saturated rings. The molecule has 2 amide bonds. The Morgan fingerprint density at radius 1 is 0.821 bits per heavy atom. The van der Waals surface area contributed by atoms with E-state index in [-0.39, 0.29) is 16.8 Å². The summed E-state index contributed by atoms with van der Waals surface area (Å²) in [4.78, 5) is 40.2. The molecule has 3 rings (SSSR count). The zero-order chi connectivity index (χ0) is 20.3. The molecule has 0 unspecified atom stereocenters. The smallest absolute Gasteiger partial charge is 0.337 e. The van der Waals surface area contributed by atoms with Crippen molar-refractivity contribution in [2.75, 3.05) is 33.3 Å². The SMILES string of the molecule is COC(=O)c1ccc(C(=O)N2CCN(C(=O)c3cccc(Cl)c3Cl)CC2)cc1. The van der Waals surface area contributed by atoms with Crippen molar-refractivity contribution in [2.24, 2.45) is 0 Å². The van der Waals surface area contributed by atoms with Crippen molar-refractivity contribution in [3.8, 4) is 0 Å². The van der Waals surface area contributed by atoms with Crippen LogP contribution in [0.25, 0.3) is 0 Å². The Kier molecular flexibility index (Phi) is 6.21. The van der Waals surface area contributed by atoms with E-state index < -0.39 is 5.97 Å². The molecule has 1 saturated heterocycles. The summed E-state index contributed by atoms with van der Waals surface area (Å²) in [5.74, 6) is -0.808. The Morgan fingerprint density at radius 2 is 1.36 bits per heavy atom. The minimum atomic E-state index is -0.453. The average molecular weight is 421 g/mol. The van der Waals surface area contributed by atoms with Crippen molar-refractivity contribution < 1.29 is 19.1 Å². The number of benzene rings is 2. The molecule has 0 atom stereocenters. The van der Waals surface area contributed by atoms with Gasteiger partial charge in [-0.1, -0.05) is 29.3 Å². The van der Waals surface area contributed by atoms with Gasteiger partial charge in [0.25, 0.3) is 11.8 Å². The Hall–Kier alpha value is -2.57. The van der Waals surface area contributed by atoms with Crippen LogP contribution >= 0.6 is 23.2 Å². The van der Waals surface area contributed by atoms with Gasteiger partial charge in [0, 0.05) is 31.7 Å². The van der Waals surface area contributed by atoms with Crippen molar-refractivity contribution >= 4 is 41.0 Å². The predicted octanol–water partition coefficient (Wildman–Crippen LogP) is 3.38. The Morgan fingerprint density at radius 3 is 1.93 bits per heavy atom. The summed E-state index contributed by atoms with van der Waals surface area (Å²) in [6, 6.07) is 11.2. The van der Waals surface area contributed by atoms with Crippen LogP contribution in [-0.2, 0) is 4.74 Å². The van der Waals surface area contributed by atoms with E-state index in [0.717, 1.165) is 0 Å². The molecule has 1 aliphatic rings. The molecule has 0 spiro atoms. The van der Waals surface area contributed by atoms with Crippen LogP contribution in [0.2, 0.25) is 10.0 Å². The second-order valence-electron chi connectivity index (χ2n) is 6.25. The second-order valence-corrected chi connectivity index (χ2v) is 7.04. The third-order valence-electron chi connectivity index (χ3n) is 4.59. The van der Waals surface area contributed by atoms with Crippen LogP contribution in [0.4, 0.5) is 0 Å². The fourth-order valence-electron chi connectivity index (χ4n) is 3.00. The number of hydrogen-bond acceptors (Lipinski definition) is 4. The van der Waals surface area contributed by atoms with Gasteiger partial charge >= 0.3 is 5.97 Å². The first kappa shape index (κ1) is 20.2. The molecule has 1 aliphatic heterocycles. The molecule has 0 aromatic heterocycles. The summed E-state index contributed by atoms with van der Waals surface area (Å²) < 4.78 is 4.65. The number of ether oxygens (including phenoxy) is 1. The summed E-state index contributed by atoms with van der Waals surface area (Å²) in [7, 11) is 1.30. The number of esters is 1. The van der Waals surface area contributed by atoms with Gasteiger partial charge in [0.05, 0.1) is 28.3 Å². The van der Waals surface area contributed by atoms with Crippen molar-refractivity contribution in [1.82, 2.24) is 9.80 Å². The molecule has 8 heteroatoms. The number of carbonyl (C=O) groups is 3. The highest BCUT2D eigenvalue weighted by molar-refractivity contribution is 6.43. The molecule has 0 radical (unpaired) electrons. The van der Waals surface area contributed by atoms with Gasteiger partial charge in [0.15, 0.2) is 0 Å². The molecule has 0 aliphatic carbocycles. The summed E-state index contributed by atoms with van der Waals surface area (Å²) >= 11 is 12.1. The molecular formula is C20H18Cl2N2O4. The number of nitrogens with zero attached hydrogens (tertiary/aromatic N) is 2. The summed E-state index contributed by atoms with van der Waals surface area (Å²) in [5.41, 5.74) is 1.21. The van der Waals surface area contributed by atoms with Gasteiger partial charge in [0.1, 0.15) is 0 Å². The normalized spacial score (nSPS) is 14.0. The van der Waals surface area contributed by atoms with Gasteiger partial charge in [-0.05, 0) is 36.4 Å². The molecule has 0 saturated carbocycles. The average Bonchev–Trinajstić information content (AvgIpc) is 2.74. The van der Waals surface area contributed by atoms with E-state index >= 15 is 0 Å². The lowest BCUT2D eigenvalue weighted by Gasteiger charge is -2.35. The highest BCUT2D eigenvalue weighted by atomic mass is 35.5. The van der Waals surface area contributed by atoms with Gasteiger partial charge in [-0.3, -0.25) is 9.59 Å². The summed E-state index contributed by atoms with van der Waals surface area (Å²) in [6.07, 6.45) is 0. The van der Waals surface area contributed by atoms with Gasteiger partial charge < -0.3 is 14.5 Å². The largest absolute Gasteiger partial charge is 0.465 e. The van der Waals surface area contributed by atoms with Crippen molar-refractivity contribution in [3.63, 3.8) is 0 Å². The first-order chi connectivity index (χ1) is 13.4. The highest BCUT2D eigenvalue weighted by Crippen LogP contribution is 2.27. The van der Waals surface area contributed by atoms with E-state index in [0.29, 0.717) is 47.9 Å². The van der Waals surface area contributed by atoms with Gasteiger partial charge in [-0.2, -0.15) is 0 Å². The molecule has 0 N–H and O–H groups in total. The van der Waals surface area contributed by atoms with Crippen LogP contribution in [-0.4, -0.2) is 60.9 Å². The van der Waals surface area contributed by atoms with Crippen LogP contribution in [0.5, 0.6) is 0 Å². The molecule has 2 aromatic carbocycles. The van der Waals surface area contributed by atoms with Crippen LogP contribution in [0.1, 0.15) is 31.1 Å². The van der Waals surface area contributed by atoms with Crippen molar-refractivity contribution in [1.29, 1.82) is 0 Å². The number of halogens is 2. The third-order valence-corrected chi connectivity index (χ3v) is 5.41. The maximum Gasteiger partial charge on any atom is 0.337 e. The van der Waals surface area contributed by atoms with Crippen LogP contribution in [0.3, 0.4) is 0 Å². The molecule has 146 valence electrons.